The maximum absolute atomic E-state index is 5.28. The lowest BCUT2D eigenvalue weighted by Crippen LogP contribution is -2.22. The number of nitrogens with zero attached hydrogens (tertiary/aromatic N) is 1. The van der Waals surface area contributed by atoms with Gasteiger partial charge in [0, 0.05) is 29.9 Å². The summed E-state index contributed by atoms with van der Waals surface area (Å²) in [5.74, 6) is 0.864. The molecule has 0 spiro atoms. The number of hydrogen-bond donors (Lipinski definition) is 2. The van der Waals surface area contributed by atoms with Crippen molar-refractivity contribution >= 4 is 16.6 Å². The van der Waals surface area contributed by atoms with Crippen LogP contribution in [0.1, 0.15) is 6.42 Å². The molecule has 2 aromatic rings. The topological polar surface area (TPSA) is 46.2 Å². The molecule has 1 fully saturated rings. The van der Waals surface area contributed by atoms with Crippen LogP contribution in [-0.4, -0.2) is 31.2 Å². The summed E-state index contributed by atoms with van der Waals surface area (Å²) >= 11 is 0. The van der Waals surface area contributed by atoms with Gasteiger partial charge >= 0.3 is 0 Å². The first-order chi connectivity index (χ1) is 8.86. The van der Waals surface area contributed by atoms with Crippen LogP contribution in [0.2, 0.25) is 0 Å². The van der Waals surface area contributed by atoms with E-state index in [0.717, 1.165) is 41.9 Å². The lowest BCUT2D eigenvalue weighted by Gasteiger charge is -2.15. The van der Waals surface area contributed by atoms with Gasteiger partial charge in [-0.25, -0.2) is 0 Å². The molecule has 0 saturated carbocycles. The molecule has 2 N–H and O–H groups in total. The maximum Gasteiger partial charge on any atom is 0.119 e. The quantitative estimate of drug-likeness (QED) is 0.865. The van der Waals surface area contributed by atoms with Gasteiger partial charge < -0.3 is 15.4 Å². The van der Waals surface area contributed by atoms with Crippen LogP contribution >= 0.6 is 0 Å². The van der Waals surface area contributed by atoms with Crippen molar-refractivity contribution in [2.75, 3.05) is 25.5 Å². The average Bonchev–Trinajstić information content (AvgIpc) is 2.91. The number of methoxy groups -OCH3 is 1. The van der Waals surface area contributed by atoms with Gasteiger partial charge in [0.25, 0.3) is 0 Å². The SMILES string of the molecule is COc1ccc2nccc(N[C@H]3CCNC3)c2c1. The number of benzene rings is 1. The Labute approximate surface area is 106 Å². The zero-order valence-corrected chi connectivity index (χ0v) is 10.4. The lowest BCUT2D eigenvalue weighted by molar-refractivity contribution is 0.415. The number of ether oxygens (including phenoxy) is 1. The number of anilines is 1. The summed E-state index contributed by atoms with van der Waals surface area (Å²) in [7, 11) is 1.69. The normalized spacial score (nSPS) is 19.1. The monoisotopic (exact) mass is 243 g/mol. The van der Waals surface area contributed by atoms with Crippen LogP contribution in [-0.2, 0) is 0 Å². The van der Waals surface area contributed by atoms with Crippen LogP contribution < -0.4 is 15.4 Å². The second-order valence-electron chi connectivity index (χ2n) is 4.58. The van der Waals surface area contributed by atoms with Crippen molar-refractivity contribution < 1.29 is 4.74 Å². The minimum absolute atomic E-state index is 0.502. The highest BCUT2D eigenvalue weighted by atomic mass is 16.5. The molecule has 1 saturated heterocycles. The van der Waals surface area contributed by atoms with E-state index in [1.165, 1.54) is 0 Å². The highest BCUT2D eigenvalue weighted by molar-refractivity contribution is 5.92. The summed E-state index contributed by atoms with van der Waals surface area (Å²) in [6, 6.07) is 8.50. The Bertz CT molecular complexity index is 550. The lowest BCUT2D eigenvalue weighted by atomic mass is 10.1. The maximum atomic E-state index is 5.28. The van der Waals surface area contributed by atoms with Crippen molar-refractivity contribution in [1.82, 2.24) is 10.3 Å². The Balaban J connectivity index is 1.98. The fourth-order valence-electron chi connectivity index (χ4n) is 2.38. The van der Waals surface area contributed by atoms with E-state index in [0.29, 0.717) is 6.04 Å². The zero-order valence-electron chi connectivity index (χ0n) is 10.4. The Kier molecular flexibility index (Phi) is 3.02. The minimum atomic E-state index is 0.502. The highest BCUT2D eigenvalue weighted by Gasteiger charge is 2.15. The van der Waals surface area contributed by atoms with E-state index in [1.54, 1.807) is 7.11 Å². The third-order valence-corrected chi connectivity index (χ3v) is 3.37. The van der Waals surface area contributed by atoms with Crippen LogP contribution in [0.5, 0.6) is 5.75 Å². The number of hydrogen-bond acceptors (Lipinski definition) is 4. The van der Waals surface area contributed by atoms with Crippen molar-refractivity contribution in [2.45, 2.75) is 12.5 Å². The van der Waals surface area contributed by atoms with Gasteiger partial charge in [0.05, 0.1) is 12.6 Å². The van der Waals surface area contributed by atoms with E-state index in [1.807, 2.05) is 30.5 Å². The van der Waals surface area contributed by atoms with Gasteiger partial charge in [-0.1, -0.05) is 0 Å². The summed E-state index contributed by atoms with van der Waals surface area (Å²) in [5, 5.41) is 8.05. The van der Waals surface area contributed by atoms with Crippen LogP contribution in [0.25, 0.3) is 10.9 Å². The highest BCUT2D eigenvalue weighted by Crippen LogP contribution is 2.26. The van der Waals surface area contributed by atoms with Gasteiger partial charge in [-0.15, -0.1) is 0 Å². The van der Waals surface area contributed by atoms with Crippen molar-refractivity contribution in [1.29, 1.82) is 0 Å². The van der Waals surface area contributed by atoms with Gasteiger partial charge in [-0.05, 0) is 37.2 Å². The molecule has 0 unspecified atom stereocenters. The van der Waals surface area contributed by atoms with Crippen molar-refractivity contribution in [2.24, 2.45) is 0 Å². The smallest absolute Gasteiger partial charge is 0.119 e. The molecule has 1 aliphatic rings. The first kappa shape index (κ1) is 11.3. The average molecular weight is 243 g/mol. The van der Waals surface area contributed by atoms with Crippen LogP contribution in [0.3, 0.4) is 0 Å². The standard InChI is InChI=1S/C14H17N3O/c1-18-11-2-3-13-12(8-11)14(5-7-16-13)17-10-4-6-15-9-10/h2-3,5,7-8,10,15H,4,6,9H2,1H3,(H,16,17)/t10-/m0/s1. The van der Waals surface area contributed by atoms with Gasteiger partial charge in [0.2, 0.25) is 0 Å². The van der Waals surface area contributed by atoms with E-state index in [4.69, 9.17) is 4.74 Å². The third-order valence-electron chi connectivity index (χ3n) is 3.37. The molecule has 18 heavy (non-hydrogen) atoms. The molecule has 0 amide bonds. The molecule has 1 aromatic carbocycles. The molecule has 1 aliphatic heterocycles. The largest absolute Gasteiger partial charge is 0.497 e. The number of fused-ring (bicyclic) bond motifs is 1. The van der Waals surface area contributed by atoms with E-state index in [9.17, 15) is 0 Å². The third kappa shape index (κ3) is 2.11. The molecule has 3 rings (SSSR count). The fourth-order valence-corrected chi connectivity index (χ4v) is 2.38. The molecule has 4 nitrogen and oxygen atoms in total. The van der Waals surface area contributed by atoms with Crippen molar-refractivity contribution in [3.8, 4) is 5.75 Å². The molecule has 1 aromatic heterocycles. The second-order valence-corrected chi connectivity index (χ2v) is 4.58. The first-order valence-electron chi connectivity index (χ1n) is 6.27. The van der Waals surface area contributed by atoms with E-state index >= 15 is 0 Å². The van der Waals surface area contributed by atoms with E-state index in [-0.39, 0.29) is 0 Å². The molecule has 1 atom stereocenters. The van der Waals surface area contributed by atoms with Crippen LogP contribution in [0.4, 0.5) is 5.69 Å². The predicted octanol–water partition coefficient (Wildman–Crippen LogP) is 2.02. The molecule has 0 radical (unpaired) electrons. The van der Waals surface area contributed by atoms with Crippen molar-refractivity contribution in [3.63, 3.8) is 0 Å². The summed E-state index contributed by atoms with van der Waals surface area (Å²) in [5.41, 5.74) is 2.12. The summed E-state index contributed by atoms with van der Waals surface area (Å²) < 4.78 is 5.28. The molecular formula is C14H17N3O. The van der Waals surface area contributed by atoms with E-state index < -0.39 is 0 Å². The minimum Gasteiger partial charge on any atom is -0.497 e. The first-order valence-corrected chi connectivity index (χ1v) is 6.27. The number of pyridine rings is 1. The van der Waals surface area contributed by atoms with Gasteiger partial charge in [0.15, 0.2) is 0 Å². The Morgan fingerprint density at radius 1 is 1.39 bits per heavy atom. The number of rotatable bonds is 3. The van der Waals surface area contributed by atoms with Gasteiger partial charge in [0.1, 0.15) is 5.75 Å². The Hall–Kier alpha value is -1.81. The predicted molar refractivity (Wildman–Crippen MR) is 73.2 cm³/mol. The molecule has 0 bridgehead atoms. The second kappa shape index (κ2) is 4.82. The fraction of sp³-hybridized carbons (Fsp3) is 0.357. The van der Waals surface area contributed by atoms with Crippen LogP contribution in [0, 0.1) is 0 Å². The number of aromatic nitrogens is 1. The molecule has 0 aliphatic carbocycles. The summed E-state index contributed by atoms with van der Waals surface area (Å²) in [6.07, 6.45) is 3.01. The van der Waals surface area contributed by atoms with Gasteiger partial charge in [-0.3, -0.25) is 4.98 Å². The van der Waals surface area contributed by atoms with E-state index in [2.05, 4.69) is 15.6 Å². The van der Waals surface area contributed by atoms with Gasteiger partial charge in [-0.2, -0.15) is 0 Å². The Morgan fingerprint density at radius 3 is 3.11 bits per heavy atom. The zero-order chi connectivity index (χ0) is 12.4. The summed E-state index contributed by atoms with van der Waals surface area (Å²) in [6.45, 7) is 2.11. The molecule has 94 valence electrons. The molecule has 2 heterocycles. The Morgan fingerprint density at radius 2 is 2.33 bits per heavy atom. The number of nitrogens with one attached hydrogen (secondary N) is 2. The molecular weight excluding hydrogens is 226 g/mol. The van der Waals surface area contributed by atoms with Crippen molar-refractivity contribution in [3.05, 3.63) is 30.5 Å². The summed E-state index contributed by atoms with van der Waals surface area (Å²) in [4.78, 5) is 4.38. The van der Waals surface area contributed by atoms with Crippen LogP contribution in [0.15, 0.2) is 30.5 Å². The molecule has 4 heteroatoms.